The molecular formula is C16H20N2O4. The molecule has 0 radical (unpaired) electrons. The first-order chi connectivity index (χ1) is 10.5. The summed E-state index contributed by atoms with van der Waals surface area (Å²) in [5.74, 6) is 1.92. The first-order valence-corrected chi connectivity index (χ1v) is 6.98. The molecule has 0 atom stereocenters. The molecule has 0 saturated heterocycles. The Morgan fingerprint density at radius 1 is 1.18 bits per heavy atom. The minimum absolute atomic E-state index is 0.0877. The second-order valence-corrected chi connectivity index (χ2v) is 4.95. The monoisotopic (exact) mass is 304 g/mol. The second-order valence-electron chi connectivity index (χ2n) is 4.95. The molecule has 22 heavy (non-hydrogen) atoms. The molecule has 0 aliphatic heterocycles. The van der Waals surface area contributed by atoms with E-state index >= 15 is 0 Å². The fraction of sp³-hybridized carbons (Fsp3) is 0.375. The van der Waals surface area contributed by atoms with Gasteiger partial charge in [-0.05, 0) is 20.3 Å². The number of nitrogens with zero attached hydrogens (tertiary/aromatic N) is 1. The number of benzene rings is 1. The molecule has 2 aromatic rings. The van der Waals surface area contributed by atoms with Crippen LogP contribution in [-0.4, -0.2) is 25.3 Å². The van der Waals surface area contributed by atoms with Crippen molar-refractivity contribution in [3.8, 4) is 11.5 Å². The number of methoxy groups -OCH3 is 2. The highest BCUT2D eigenvalue weighted by atomic mass is 16.5. The van der Waals surface area contributed by atoms with E-state index < -0.39 is 0 Å². The van der Waals surface area contributed by atoms with Gasteiger partial charge in [0, 0.05) is 35.9 Å². The maximum atomic E-state index is 12.1. The lowest BCUT2D eigenvalue weighted by Gasteiger charge is -2.09. The molecule has 0 saturated carbocycles. The maximum Gasteiger partial charge on any atom is 0.224 e. The number of nitrogens with one attached hydrogen (secondary N) is 1. The molecule has 0 unspecified atom stereocenters. The van der Waals surface area contributed by atoms with E-state index in [1.807, 2.05) is 13.8 Å². The van der Waals surface area contributed by atoms with E-state index in [1.54, 1.807) is 32.4 Å². The van der Waals surface area contributed by atoms with Gasteiger partial charge < -0.3 is 19.3 Å². The predicted octanol–water partition coefficient (Wildman–Crippen LogP) is 2.88. The minimum atomic E-state index is -0.0877. The van der Waals surface area contributed by atoms with E-state index in [-0.39, 0.29) is 5.91 Å². The van der Waals surface area contributed by atoms with Crippen molar-refractivity contribution in [3.05, 3.63) is 35.2 Å². The largest absolute Gasteiger partial charge is 0.497 e. The number of anilines is 1. The molecule has 1 N–H and O–H groups in total. The third-order valence-electron chi connectivity index (χ3n) is 3.42. The third kappa shape index (κ3) is 3.78. The molecule has 1 amide bonds. The number of carbonyl (C=O) groups excluding carboxylic acids is 1. The Morgan fingerprint density at radius 2 is 1.82 bits per heavy atom. The van der Waals surface area contributed by atoms with Gasteiger partial charge in [0.05, 0.1) is 19.9 Å². The Morgan fingerprint density at radius 3 is 2.32 bits per heavy atom. The van der Waals surface area contributed by atoms with E-state index in [1.165, 1.54) is 0 Å². The summed E-state index contributed by atoms with van der Waals surface area (Å²) in [7, 11) is 3.13. The Balaban J connectivity index is 2.00. The van der Waals surface area contributed by atoms with Crippen molar-refractivity contribution in [2.45, 2.75) is 26.7 Å². The van der Waals surface area contributed by atoms with Crippen molar-refractivity contribution in [2.75, 3.05) is 19.5 Å². The van der Waals surface area contributed by atoms with Gasteiger partial charge in [0.2, 0.25) is 5.91 Å². The van der Waals surface area contributed by atoms with E-state index in [4.69, 9.17) is 14.0 Å². The Hall–Kier alpha value is -2.50. The van der Waals surface area contributed by atoms with Gasteiger partial charge in [0.1, 0.15) is 17.3 Å². The lowest BCUT2D eigenvalue weighted by molar-refractivity contribution is -0.116. The van der Waals surface area contributed by atoms with E-state index in [0.29, 0.717) is 30.0 Å². The zero-order valence-corrected chi connectivity index (χ0v) is 13.2. The number of amides is 1. The average Bonchev–Trinajstić information content (AvgIpc) is 2.83. The maximum absolute atomic E-state index is 12.1. The van der Waals surface area contributed by atoms with Gasteiger partial charge in [0.25, 0.3) is 0 Å². The average molecular weight is 304 g/mol. The Bertz CT molecular complexity index is 622. The third-order valence-corrected chi connectivity index (χ3v) is 3.42. The summed E-state index contributed by atoms with van der Waals surface area (Å²) >= 11 is 0. The molecule has 0 aliphatic rings. The number of hydrogen-bond acceptors (Lipinski definition) is 5. The Kier molecular flexibility index (Phi) is 5.04. The highest BCUT2D eigenvalue weighted by molar-refractivity contribution is 5.91. The number of aryl methyl sites for hydroxylation is 2. The van der Waals surface area contributed by atoms with Crippen LogP contribution in [0.5, 0.6) is 11.5 Å². The summed E-state index contributed by atoms with van der Waals surface area (Å²) in [6, 6.07) is 5.24. The van der Waals surface area contributed by atoms with Crippen molar-refractivity contribution in [1.29, 1.82) is 0 Å². The predicted molar refractivity (Wildman–Crippen MR) is 82.5 cm³/mol. The molecule has 6 nitrogen and oxygen atoms in total. The number of ether oxygens (including phenoxy) is 2. The number of hydrogen-bond donors (Lipinski definition) is 1. The Labute approximate surface area is 129 Å². The van der Waals surface area contributed by atoms with Crippen LogP contribution in [0.1, 0.15) is 23.4 Å². The van der Waals surface area contributed by atoms with Gasteiger partial charge in [-0.3, -0.25) is 4.79 Å². The lowest BCUT2D eigenvalue weighted by Crippen LogP contribution is -2.12. The first kappa shape index (κ1) is 15.9. The number of aromatic nitrogens is 1. The normalized spacial score (nSPS) is 10.4. The fourth-order valence-corrected chi connectivity index (χ4v) is 2.20. The smallest absolute Gasteiger partial charge is 0.224 e. The quantitative estimate of drug-likeness (QED) is 0.888. The van der Waals surface area contributed by atoms with Gasteiger partial charge in [-0.1, -0.05) is 5.16 Å². The molecule has 1 aromatic carbocycles. The molecule has 118 valence electrons. The van der Waals surface area contributed by atoms with Gasteiger partial charge in [0.15, 0.2) is 0 Å². The topological polar surface area (TPSA) is 73.6 Å². The molecule has 6 heteroatoms. The SMILES string of the molecule is COc1cc(NC(=O)CCc2c(C)noc2C)cc(OC)c1. The van der Waals surface area contributed by atoms with Crippen molar-refractivity contribution in [2.24, 2.45) is 0 Å². The van der Waals surface area contributed by atoms with Crippen LogP contribution >= 0.6 is 0 Å². The van der Waals surface area contributed by atoms with Crippen LogP contribution in [0.25, 0.3) is 0 Å². The minimum Gasteiger partial charge on any atom is -0.497 e. The van der Waals surface area contributed by atoms with Crippen molar-refractivity contribution < 1.29 is 18.8 Å². The van der Waals surface area contributed by atoms with Gasteiger partial charge in [-0.15, -0.1) is 0 Å². The second kappa shape index (κ2) is 6.98. The van der Waals surface area contributed by atoms with E-state index in [0.717, 1.165) is 17.0 Å². The molecule has 0 bridgehead atoms. The number of carbonyl (C=O) groups is 1. The summed E-state index contributed by atoms with van der Waals surface area (Å²) in [4.78, 5) is 12.1. The van der Waals surface area contributed by atoms with Crippen LogP contribution < -0.4 is 14.8 Å². The first-order valence-electron chi connectivity index (χ1n) is 6.98. The molecule has 0 aliphatic carbocycles. The molecule has 0 spiro atoms. The van der Waals surface area contributed by atoms with Crippen LogP contribution in [0.15, 0.2) is 22.7 Å². The molecular weight excluding hydrogens is 284 g/mol. The van der Waals surface area contributed by atoms with Crippen LogP contribution in [0, 0.1) is 13.8 Å². The van der Waals surface area contributed by atoms with Crippen molar-refractivity contribution >= 4 is 11.6 Å². The molecule has 2 rings (SSSR count). The van der Waals surface area contributed by atoms with Gasteiger partial charge in [-0.25, -0.2) is 0 Å². The zero-order valence-electron chi connectivity index (χ0n) is 13.2. The number of rotatable bonds is 6. The summed E-state index contributed by atoms with van der Waals surface area (Å²) < 4.78 is 15.4. The van der Waals surface area contributed by atoms with Gasteiger partial charge in [-0.2, -0.15) is 0 Å². The summed E-state index contributed by atoms with van der Waals surface area (Å²) in [6.07, 6.45) is 0.941. The summed E-state index contributed by atoms with van der Waals surface area (Å²) in [5.41, 5.74) is 2.45. The van der Waals surface area contributed by atoms with Crippen molar-refractivity contribution in [3.63, 3.8) is 0 Å². The van der Waals surface area contributed by atoms with Crippen molar-refractivity contribution in [1.82, 2.24) is 5.16 Å². The molecule has 1 aromatic heterocycles. The summed E-state index contributed by atoms with van der Waals surface area (Å²) in [5, 5.41) is 6.73. The zero-order chi connectivity index (χ0) is 16.1. The standard InChI is InChI=1S/C16H20N2O4/c1-10-15(11(2)22-18-10)5-6-16(19)17-12-7-13(20-3)9-14(8-12)21-4/h7-9H,5-6H2,1-4H3,(H,17,19). The van der Waals surface area contributed by atoms with Crippen LogP contribution in [-0.2, 0) is 11.2 Å². The summed E-state index contributed by atoms with van der Waals surface area (Å²) in [6.45, 7) is 3.72. The molecule has 0 fully saturated rings. The van der Waals surface area contributed by atoms with E-state index in [9.17, 15) is 4.79 Å². The van der Waals surface area contributed by atoms with Gasteiger partial charge >= 0.3 is 0 Å². The highest BCUT2D eigenvalue weighted by Gasteiger charge is 2.12. The highest BCUT2D eigenvalue weighted by Crippen LogP contribution is 2.26. The van der Waals surface area contributed by atoms with Crippen LogP contribution in [0.4, 0.5) is 5.69 Å². The van der Waals surface area contributed by atoms with Crippen LogP contribution in [0.2, 0.25) is 0 Å². The van der Waals surface area contributed by atoms with Crippen LogP contribution in [0.3, 0.4) is 0 Å². The lowest BCUT2D eigenvalue weighted by atomic mass is 10.1. The molecule has 1 heterocycles. The van der Waals surface area contributed by atoms with E-state index in [2.05, 4.69) is 10.5 Å². The fourth-order valence-electron chi connectivity index (χ4n) is 2.20.